The maximum Gasteiger partial charge on any atom is 0.0810 e. The maximum absolute atomic E-state index is 8.40. The highest BCUT2D eigenvalue weighted by Gasteiger charge is 1.94. The summed E-state index contributed by atoms with van der Waals surface area (Å²) in [6.07, 6.45) is 8.08. The molecule has 0 aromatic carbocycles. The van der Waals surface area contributed by atoms with Crippen molar-refractivity contribution >= 4 is 23.2 Å². The molecule has 0 amide bonds. The van der Waals surface area contributed by atoms with Gasteiger partial charge in [0.2, 0.25) is 0 Å². The SMILES string of the molecule is C=CCCCCCC.OC(CCl)CCl. The van der Waals surface area contributed by atoms with E-state index in [-0.39, 0.29) is 11.8 Å². The van der Waals surface area contributed by atoms with Crippen LogP contribution < -0.4 is 0 Å². The van der Waals surface area contributed by atoms with Gasteiger partial charge in [-0.15, -0.1) is 29.8 Å². The third kappa shape index (κ3) is 18.1. The van der Waals surface area contributed by atoms with Gasteiger partial charge < -0.3 is 5.11 Å². The minimum absolute atomic E-state index is 0.226. The van der Waals surface area contributed by atoms with E-state index < -0.39 is 6.10 Å². The van der Waals surface area contributed by atoms with Crippen LogP contribution in [-0.2, 0) is 0 Å². The van der Waals surface area contributed by atoms with Gasteiger partial charge in [-0.25, -0.2) is 0 Å². The second kappa shape index (κ2) is 15.7. The van der Waals surface area contributed by atoms with Crippen LogP contribution in [0.15, 0.2) is 12.7 Å². The number of hydrogen-bond acceptors (Lipinski definition) is 1. The number of allylic oxidation sites excluding steroid dienone is 1. The van der Waals surface area contributed by atoms with Gasteiger partial charge in [0.1, 0.15) is 0 Å². The summed E-state index contributed by atoms with van der Waals surface area (Å²) in [6, 6.07) is 0. The predicted octanol–water partition coefficient (Wildman–Crippen LogP) is 3.97. The lowest BCUT2D eigenvalue weighted by Gasteiger charge is -1.94. The van der Waals surface area contributed by atoms with E-state index in [1.54, 1.807) is 0 Å². The molecule has 14 heavy (non-hydrogen) atoms. The summed E-state index contributed by atoms with van der Waals surface area (Å²) in [7, 11) is 0. The van der Waals surface area contributed by atoms with Gasteiger partial charge in [-0.05, 0) is 12.8 Å². The van der Waals surface area contributed by atoms with E-state index in [4.69, 9.17) is 28.3 Å². The fraction of sp³-hybridized carbons (Fsp3) is 0.818. The van der Waals surface area contributed by atoms with Gasteiger partial charge in [-0.3, -0.25) is 0 Å². The van der Waals surface area contributed by atoms with Crippen LogP contribution in [0.2, 0.25) is 0 Å². The molecule has 0 aliphatic carbocycles. The Bertz CT molecular complexity index is 103. The number of unbranched alkanes of at least 4 members (excludes halogenated alkanes) is 4. The number of alkyl halides is 2. The molecule has 0 bridgehead atoms. The molecule has 0 saturated carbocycles. The number of halogens is 2. The van der Waals surface area contributed by atoms with Gasteiger partial charge in [-0.1, -0.05) is 32.3 Å². The smallest absolute Gasteiger partial charge is 0.0810 e. The Morgan fingerprint density at radius 2 is 1.79 bits per heavy atom. The molecule has 1 N–H and O–H groups in total. The first-order valence-electron chi connectivity index (χ1n) is 5.13. The third-order valence-corrected chi connectivity index (χ3v) is 2.33. The van der Waals surface area contributed by atoms with Crippen LogP contribution in [0.4, 0.5) is 0 Å². The van der Waals surface area contributed by atoms with Gasteiger partial charge in [0.25, 0.3) is 0 Å². The minimum Gasteiger partial charge on any atom is -0.391 e. The van der Waals surface area contributed by atoms with Crippen molar-refractivity contribution in [1.29, 1.82) is 0 Å². The van der Waals surface area contributed by atoms with Crippen molar-refractivity contribution in [3.05, 3.63) is 12.7 Å². The van der Waals surface area contributed by atoms with Crippen molar-refractivity contribution in [3.63, 3.8) is 0 Å². The molecule has 0 heterocycles. The molecule has 0 fully saturated rings. The van der Waals surface area contributed by atoms with Gasteiger partial charge in [0.05, 0.1) is 6.10 Å². The summed E-state index contributed by atoms with van der Waals surface area (Å²) in [4.78, 5) is 0. The molecule has 0 atom stereocenters. The Balaban J connectivity index is 0. The Kier molecular flexibility index (Phi) is 18.8. The maximum atomic E-state index is 8.40. The van der Waals surface area contributed by atoms with Crippen LogP contribution in [0.5, 0.6) is 0 Å². The van der Waals surface area contributed by atoms with Crippen LogP contribution >= 0.6 is 23.2 Å². The molecule has 86 valence electrons. The zero-order chi connectivity index (χ0) is 11.2. The Labute approximate surface area is 98.1 Å². The molecule has 0 aromatic heterocycles. The van der Waals surface area contributed by atoms with Crippen molar-refractivity contribution in [1.82, 2.24) is 0 Å². The lowest BCUT2D eigenvalue weighted by atomic mass is 10.2. The van der Waals surface area contributed by atoms with Gasteiger partial charge >= 0.3 is 0 Å². The summed E-state index contributed by atoms with van der Waals surface area (Å²) in [6.45, 7) is 5.89. The zero-order valence-corrected chi connectivity index (χ0v) is 10.5. The number of hydrogen-bond donors (Lipinski definition) is 1. The molecule has 0 aliphatic rings. The van der Waals surface area contributed by atoms with Crippen LogP contribution in [0.25, 0.3) is 0 Å². The molecule has 0 saturated heterocycles. The quantitative estimate of drug-likeness (QED) is 0.406. The largest absolute Gasteiger partial charge is 0.391 e. The fourth-order valence-electron chi connectivity index (χ4n) is 0.757. The monoisotopic (exact) mass is 240 g/mol. The number of aliphatic hydroxyl groups excluding tert-OH is 1. The van der Waals surface area contributed by atoms with Crippen LogP contribution in [0.3, 0.4) is 0 Å². The fourth-order valence-corrected chi connectivity index (χ4v) is 1.09. The highest BCUT2D eigenvalue weighted by atomic mass is 35.5. The predicted molar refractivity (Wildman–Crippen MR) is 66.4 cm³/mol. The molecule has 0 rings (SSSR count). The van der Waals surface area contributed by atoms with Gasteiger partial charge in [0, 0.05) is 11.8 Å². The lowest BCUT2D eigenvalue weighted by molar-refractivity contribution is 0.222. The second-order valence-corrected chi connectivity index (χ2v) is 3.72. The van der Waals surface area contributed by atoms with E-state index in [9.17, 15) is 0 Å². The second-order valence-electron chi connectivity index (χ2n) is 3.10. The highest BCUT2D eigenvalue weighted by Crippen LogP contribution is 2.01. The van der Waals surface area contributed by atoms with E-state index in [0.29, 0.717) is 0 Å². The van der Waals surface area contributed by atoms with Crippen molar-refractivity contribution in [2.45, 2.75) is 45.1 Å². The average molecular weight is 241 g/mol. The standard InChI is InChI=1S/C8H16.C3H6Cl2O/c1-3-5-7-8-6-4-2;4-1-3(6)2-5/h3H,1,4-8H2,2H3;3,6H,1-2H2. The van der Waals surface area contributed by atoms with Crippen molar-refractivity contribution in [2.24, 2.45) is 0 Å². The molecule has 0 aliphatic heterocycles. The molecule has 1 nitrogen and oxygen atoms in total. The molecule has 0 spiro atoms. The molecular formula is C11H22Cl2O. The van der Waals surface area contributed by atoms with E-state index in [0.717, 1.165) is 0 Å². The molecule has 3 heteroatoms. The summed E-state index contributed by atoms with van der Waals surface area (Å²) in [5.74, 6) is 0.451. The van der Waals surface area contributed by atoms with Crippen LogP contribution in [-0.4, -0.2) is 23.0 Å². The summed E-state index contributed by atoms with van der Waals surface area (Å²) < 4.78 is 0. The van der Waals surface area contributed by atoms with Crippen molar-refractivity contribution in [2.75, 3.05) is 11.8 Å². The molecule has 0 unspecified atom stereocenters. The van der Waals surface area contributed by atoms with Gasteiger partial charge in [-0.2, -0.15) is 0 Å². The first-order valence-corrected chi connectivity index (χ1v) is 6.20. The minimum atomic E-state index is -0.534. The van der Waals surface area contributed by atoms with Crippen LogP contribution in [0.1, 0.15) is 39.0 Å². The first kappa shape index (κ1) is 16.7. The van der Waals surface area contributed by atoms with Crippen molar-refractivity contribution in [3.8, 4) is 0 Å². The summed E-state index contributed by atoms with van der Waals surface area (Å²) in [5, 5.41) is 8.40. The average Bonchev–Trinajstić information content (AvgIpc) is 2.24. The summed E-state index contributed by atoms with van der Waals surface area (Å²) in [5.41, 5.74) is 0. The normalized spacial score (nSPS) is 9.50. The lowest BCUT2D eigenvalue weighted by Crippen LogP contribution is -2.08. The first-order chi connectivity index (χ1) is 6.72. The molecular weight excluding hydrogens is 219 g/mol. The molecule has 0 aromatic rings. The Morgan fingerprint density at radius 3 is 2.07 bits per heavy atom. The summed E-state index contributed by atoms with van der Waals surface area (Å²) >= 11 is 10.2. The zero-order valence-electron chi connectivity index (χ0n) is 9.01. The van der Waals surface area contributed by atoms with Gasteiger partial charge in [0.15, 0.2) is 0 Å². The topological polar surface area (TPSA) is 20.2 Å². The van der Waals surface area contributed by atoms with E-state index in [1.165, 1.54) is 32.1 Å². The number of aliphatic hydroxyl groups is 1. The van der Waals surface area contributed by atoms with E-state index >= 15 is 0 Å². The Morgan fingerprint density at radius 1 is 1.21 bits per heavy atom. The highest BCUT2D eigenvalue weighted by molar-refractivity contribution is 6.21. The Hall–Kier alpha value is 0.280. The van der Waals surface area contributed by atoms with E-state index in [1.807, 2.05) is 6.08 Å². The molecule has 0 radical (unpaired) electrons. The third-order valence-electron chi connectivity index (χ3n) is 1.62. The number of rotatable bonds is 7. The van der Waals surface area contributed by atoms with Crippen molar-refractivity contribution < 1.29 is 5.11 Å². The van der Waals surface area contributed by atoms with E-state index in [2.05, 4.69) is 13.5 Å². The van der Waals surface area contributed by atoms with Crippen LogP contribution in [0, 0.1) is 0 Å².